The predicted molar refractivity (Wildman–Crippen MR) is 170 cm³/mol. The van der Waals surface area contributed by atoms with Gasteiger partial charge in [-0.15, -0.1) is 0 Å². The van der Waals surface area contributed by atoms with Crippen LogP contribution in [0.5, 0.6) is 0 Å². The number of amides is 1. The second-order valence-electron chi connectivity index (χ2n) is 12.0. The number of nitrogens with zero attached hydrogens (tertiary/aromatic N) is 3. The highest BCUT2D eigenvalue weighted by Crippen LogP contribution is 2.59. The summed E-state index contributed by atoms with van der Waals surface area (Å²) in [6, 6.07) is 7.51. The number of esters is 1. The van der Waals surface area contributed by atoms with Gasteiger partial charge < -0.3 is 10.1 Å². The Balaban J connectivity index is 1.77. The average molecular weight is 688 g/mol. The third-order valence-electron chi connectivity index (χ3n) is 8.79. The van der Waals surface area contributed by atoms with Gasteiger partial charge in [-0.2, -0.15) is 0 Å². The van der Waals surface area contributed by atoms with Crippen LogP contribution in [0.1, 0.15) is 63.6 Å². The number of ketones is 1. The lowest BCUT2D eigenvalue weighted by Gasteiger charge is -2.39. The van der Waals surface area contributed by atoms with Crippen LogP contribution in [-0.2, 0) is 15.1 Å². The number of carbonyl (C=O) groups excluding carboxylic acids is 3. The molecule has 1 saturated heterocycles. The Bertz CT molecular complexity index is 1850. The fourth-order valence-corrected chi connectivity index (χ4v) is 7.37. The number of hydrogen-bond donors (Lipinski definition) is 1. The average Bonchev–Trinajstić information content (AvgIpc) is 3.44. The number of methoxy groups -OCH3 is 1. The molecular formula is C32H29Cl2FN4O8. The molecular weight excluding hydrogens is 658 g/mol. The molecule has 246 valence electrons. The van der Waals surface area contributed by atoms with E-state index in [1.807, 2.05) is 13.8 Å². The van der Waals surface area contributed by atoms with Crippen molar-refractivity contribution in [3.63, 3.8) is 0 Å². The number of ether oxygens (including phenoxy) is 1. The summed E-state index contributed by atoms with van der Waals surface area (Å²) in [5.41, 5.74) is -2.56. The minimum absolute atomic E-state index is 0.0405. The number of rotatable bonds is 9. The van der Waals surface area contributed by atoms with Gasteiger partial charge in [-0.3, -0.25) is 34.7 Å². The molecule has 3 aromatic rings. The maximum atomic E-state index is 16.0. The van der Waals surface area contributed by atoms with E-state index in [1.54, 1.807) is 11.0 Å². The van der Waals surface area contributed by atoms with E-state index in [0.29, 0.717) is 5.56 Å². The Morgan fingerprint density at radius 1 is 1.11 bits per heavy atom. The molecule has 47 heavy (non-hydrogen) atoms. The summed E-state index contributed by atoms with van der Waals surface area (Å²) in [7, 11) is 1.11. The third-order valence-corrected chi connectivity index (χ3v) is 9.31. The van der Waals surface area contributed by atoms with Crippen LogP contribution in [0.25, 0.3) is 0 Å². The van der Waals surface area contributed by atoms with E-state index < -0.39 is 69.0 Å². The molecule has 3 aromatic carbocycles. The highest BCUT2D eigenvalue weighted by atomic mass is 35.5. The van der Waals surface area contributed by atoms with Gasteiger partial charge in [0.25, 0.3) is 11.6 Å². The lowest BCUT2D eigenvalue weighted by Crippen LogP contribution is -2.53. The van der Waals surface area contributed by atoms with Crippen molar-refractivity contribution < 1.29 is 33.4 Å². The van der Waals surface area contributed by atoms with Crippen molar-refractivity contribution in [1.29, 1.82) is 0 Å². The smallest absolute Gasteiger partial charge is 0.338 e. The summed E-state index contributed by atoms with van der Waals surface area (Å²) < 4.78 is 20.7. The molecule has 1 fully saturated rings. The molecule has 0 bridgehead atoms. The first kappa shape index (κ1) is 33.9. The molecule has 4 atom stereocenters. The molecule has 0 saturated carbocycles. The maximum Gasteiger partial charge on any atom is 0.338 e. The number of hydrogen-bond acceptors (Lipinski definition) is 9. The van der Waals surface area contributed by atoms with E-state index in [0.717, 1.165) is 13.2 Å². The van der Waals surface area contributed by atoms with E-state index in [9.17, 15) is 34.6 Å². The van der Waals surface area contributed by atoms with Crippen LogP contribution >= 0.6 is 23.2 Å². The quantitative estimate of drug-likeness (QED) is 0.117. The monoisotopic (exact) mass is 686 g/mol. The van der Waals surface area contributed by atoms with E-state index in [1.165, 1.54) is 43.3 Å². The van der Waals surface area contributed by atoms with E-state index in [-0.39, 0.29) is 50.4 Å². The van der Waals surface area contributed by atoms with E-state index in [2.05, 4.69) is 5.32 Å². The largest absolute Gasteiger partial charge is 0.465 e. The molecule has 1 unspecified atom stereocenters. The molecule has 1 spiro atoms. The van der Waals surface area contributed by atoms with Crippen molar-refractivity contribution >= 4 is 52.2 Å². The van der Waals surface area contributed by atoms with Crippen molar-refractivity contribution in [3.05, 3.63) is 112 Å². The van der Waals surface area contributed by atoms with Crippen LogP contribution in [0, 0.1) is 38.9 Å². The highest BCUT2D eigenvalue weighted by molar-refractivity contribution is 6.31. The topological polar surface area (TPSA) is 162 Å². The Hall–Kier alpha value is -4.46. The Labute approximate surface area is 278 Å². The van der Waals surface area contributed by atoms with Gasteiger partial charge in [-0.1, -0.05) is 55.2 Å². The fourth-order valence-electron chi connectivity index (χ4n) is 7.02. The molecule has 1 amide bonds. The molecule has 12 nitrogen and oxygen atoms in total. The van der Waals surface area contributed by atoms with Crippen LogP contribution in [0.2, 0.25) is 10.0 Å². The Morgan fingerprint density at radius 3 is 2.43 bits per heavy atom. The summed E-state index contributed by atoms with van der Waals surface area (Å²) in [4.78, 5) is 66.0. The Morgan fingerprint density at radius 2 is 1.81 bits per heavy atom. The minimum Gasteiger partial charge on any atom is -0.465 e. The number of fused-ring (bicyclic) bond motifs is 2. The number of aryl methyl sites for hydroxylation is 1. The molecule has 0 aromatic heterocycles. The van der Waals surface area contributed by atoms with E-state index >= 15 is 4.39 Å². The molecule has 1 N–H and O–H groups in total. The minimum atomic E-state index is -1.91. The summed E-state index contributed by atoms with van der Waals surface area (Å²) in [6.07, 6.45) is -0.660. The first-order chi connectivity index (χ1) is 22.1. The predicted octanol–water partition coefficient (Wildman–Crippen LogP) is 6.33. The molecule has 2 aliphatic heterocycles. The fraction of sp³-hybridized carbons (Fsp3) is 0.344. The Kier molecular flexibility index (Phi) is 9.10. The summed E-state index contributed by atoms with van der Waals surface area (Å²) >= 11 is 12.4. The first-order valence-corrected chi connectivity index (χ1v) is 15.3. The number of nitrogens with one attached hydrogen (secondary N) is 1. The van der Waals surface area contributed by atoms with Crippen LogP contribution in [0.3, 0.4) is 0 Å². The second kappa shape index (κ2) is 12.6. The second-order valence-corrected chi connectivity index (χ2v) is 12.8. The van der Waals surface area contributed by atoms with Crippen molar-refractivity contribution in [3.8, 4) is 0 Å². The highest BCUT2D eigenvalue weighted by Gasteiger charge is 2.71. The number of Topliss-reactive ketones (excluding diaryl/α,β-unsaturated/α-hetero) is 1. The molecule has 15 heteroatoms. The zero-order valence-corrected chi connectivity index (χ0v) is 27.1. The van der Waals surface area contributed by atoms with Gasteiger partial charge in [0.2, 0.25) is 6.04 Å². The number of nitro groups is 2. The normalized spacial score (nSPS) is 22.0. The number of anilines is 1. The maximum absolute atomic E-state index is 16.0. The number of carbonyl (C=O) groups is 3. The zero-order chi connectivity index (χ0) is 34.5. The van der Waals surface area contributed by atoms with Gasteiger partial charge in [-0.25, -0.2) is 9.18 Å². The van der Waals surface area contributed by atoms with Crippen molar-refractivity contribution in [2.45, 2.75) is 50.7 Å². The summed E-state index contributed by atoms with van der Waals surface area (Å²) in [5.74, 6) is -5.07. The molecule has 5 rings (SSSR count). The van der Waals surface area contributed by atoms with Gasteiger partial charge in [-0.05, 0) is 42.7 Å². The number of halogens is 3. The van der Waals surface area contributed by atoms with Crippen LogP contribution in [0.15, 0.2) is 48.5 Å². The van der Waals surface area contributed by atoms with Gasteiger partial charge >= 0.3 is 5.97 Å². The molecule has 0 aliphatic carbocycles. The lowest BCUT2D eigenvalue weighted by molar-refractivity contribution is -0.528. The molecule has 2 aliphatic rings. The number of benzene rings is 3. The summed E-state index contributed by atoms with van der Waals surface area (Å²) in [5, 5.41) is 28.0. The summed E-state index contributed by atoms with van der Waals surface area (Å²) in [6.45, 7) is 5.14. The van der Waals surface area contributed by atoms with Crippen LogP contribution in [-0.4, -0.2) is 58.1 Å². The van der Waals surface area contributed by atoms with E-state index in [4.69, 9.17) is 27.9 Å². The van der Waals surface area contributed by atoms with Gasteiger partial charge in [0.15, 0.2) is 5.78 Å². The van der Waals surface area contributed by atoms with Crippen molar-refractivity contribution in [2.24, 2.45) is 5.92 Å². The zero-order valence-electron chi connectivity index (χ0n) is 25.6. The standard InChI is InChI=1S/C32H29Cl2FN4O8/c1-15(2)14-37-25(13-26(40)20-10-16(3)19(30(41)47-4)12-24(20)38(43)44)29(39(45)46)27(18-6-5-7-22(34)28(18)35)32(37)21-9-8-17(33)11-23(21)36-31(32)42/h5-12,15,25,27,29H,13-14H2,1-4H3,(H,36,42)/t25-,27-,29?,32+/m0/s1. The van der Waals surface area contributed by atoms with Crippen molar-refractivity contribution in [1.82, 2.24) is 4.90 Å². The first-order valence-electron chi connectivity index (χ1n) is 14.5. The van der Waals surface area contributed by atoms with Crippen LogP contribution < -0.4 is 5.32 Å². The lowest BCUT2D eigenvalue weighted by atomic mass is 9.73. The van der Waals surface area contributed by atoms with Crippen molar-refractivity contribution in [2.75, 3.05) is 19.0 Å². The third kappa shape index (κ3) is 5.51. The van der Waals surface area contributed by atoms with Gasteiger partial charge in [0.1, 0.15) is 11.4 Å². The number of nitro benzene ring substituents is 1. The SMILES string of the molecule is COC(=O)c1cc([N+](=O)[O-])c(C(=O)C[C@H]2C([N+](=O)[O-])[C@H](c3cccc(Cl)c3F)[C@]3(C(=O)Nc4cc(Cl)ccc43)N2CC(C)C)cc1C. The van der Waals surface area contributed by atoms with Gasteiger partial charge in [0, 0.05) is 45.8 Å². The molecule has 2 heterocycles. The number of likely N-dealkylation sites (tertiary alicyclic amines) is 1. The van der Waals surface area contributed by atoms with Gasteiger partial charge in [0.05, 0.1) is 40.1 Å². The van der Waals surface area contributed by atoms with Crippen LogP contribution in [0.4, 0.5) is 15.8 Å². The molecule has 0 radical (unpaired) electrons.